The fourth-order valence-electron chi connectivity index (χ4n) is 2.29. The third kappa shape index (κ3) is 11.8. The van der Waals surface area contributed by atoms with E-state index < -0.39 is 11.7 Å². The second-order valence-electron chi connectivity index (χ2n) is 8.00. The number of anilines is 1. The van der Waals surface area contributed by atoms with Crippen LogP contribution in [0.2, 0.25) is 0 Å². The van der Waals surface area contributed by atoms with Crippen molar-refractivity contribution in [1.29, 1.82) is 0 Å². The van der Waals surface area contributed by atoms with E-state index in [1.807, 2.05) is 65.8 Å². The maximum absolute atomic E-state index is 11.7. The van der Waals surface area contributed by atoms with Crippen LogP contribution >= 0.6 is 0 Å². The van der Waals surface area contributed by atoms with E-state index in [9.17, 15) is 9.59 Å². The zero-order chi connectivity index (χ0) is 22.6. The summed E-state index contributed by atoms with van der Waals surface area (Å²) in [6.45, 7) is 13.4. The van der Waals surface area contributed by atoms with Crippen molar-refractivity contribution < 1.29 is 14.3 Å². The molecule has 5 N–H and O–H groups in total. The van der Waals surface area contributed by atoms with Crippen LogP contribution in [0.1, 0.15) is 47.1 Å². The highest BCUT2D eigenvalue weighted by molar-refractivity contribution is 5.89. The molecular formula is C21H36N6O3. The molecule has 0 aliphatic heterocycles. The number of amides is 3. The number of carbonyl (C=O) groups excluding carboxylic acids is 2. The van der Waals surface area contributed by atoms with Gasteiger partial charge in [0.05, 0.1) is 6.54 Å². The average Bonchev–Trinajstić information content (AvgIpc) is 2.62. The monoisotopic (exact) mass is 420 g/mol. The first-order chi connectivity index (χ1) is 14.1. The minimum atomic E-state index is -0.517. The van der Waals surface area contributed by atoms with Crippen molar-refractivity contribution in [3.8, 4) is 0 Å². The molecule has 0 aliphatic rings. The lowest BCUT2D eigenvalue weighted by Gasteiger charge is -2.19. The molecule has 0 saturated heterocycles. The second-order valence-corrected chi connectivity index (χ2v) is 8.00. The van der Waals surface area contributed by atoms with Gasteiger partial charge in [0.25, 0.3) is 0 Å². The first kappa shape index (κ1) is 25.1. The number of carbonyl (C=O) groups is 2. The number of urea groups is 1. The fourth-order valence-corrected chi connectivity index (χ4v) is 2.29. The lowest BCUT2D eigenvalue weighted by Crippen LogP contribution is -2.42. The van der Waals surface area contributed by atoms with Gasteiger partial charge >= 0.3 is 12.1 Å². The second kappa shape index (κ2) is 12.6. The molecule has 0 heterocycles. The summed E-state index contributed by atoms with van der Waals surface area (Å²) in [6, 6.07) is 7.37. The molecule has 0 spiro atoms. The fraction of sp³-hybridized carbons (Fsp3) is 0.571. The predicted octanol–water partition coefficient (Wildman–Crippen LogP) is 2.80. The Labute approximate surface area is 179 Å². The van der Waals surface area contributed by atoms with Crippen molar-refractivity contribution in [3.63, 3.8) is 0 Å². The molecule has 0 fully saturated rings. The molecule has 30 heavy (non-hydrogen) atoms. The molecule has 0 bridgehead atoms. The molecule has 0 aliphatic carbocycles. The Morgan fingerprint density at radius 2 is 1.67 bits per heavy atom. The molecule has 1 aromatic carbocycles. The number of rotatable bonds is 8. The number of nitrogens with zero attached hydrogens (tertiary/aromatic N) is 1. The SMILES string of the molecule is CCNC(=NCc1ccc(NC(=O)NC(C)C)cc1)NCCNC(=O)OC(C)(C)C. The molecule has 168 valence electrons. The Bertz CT molecular complexity index is 696. The molecule has 0 aromatic heterocycles. The van der Waals surface area contributed by atoms with E-state index in [-0.39, 0.29) is 12.1 Å². The normalized spacial score (nSPS) is 11.6. The van der Waals surface area contributed by atoms with E-state index in [2.05, 4.69) is 31.6 Å². The van der Waals surface area contributed by atoms with Crippen LogP contribution in [0.15, 0.2) is 29.3 Å². The Kier molecular flexibility index (Phi) is 10.5. The van der Waals surface area contributed by atoms with Gasteiger partial charge < -0.3 is 31.3 Å². The topological polar surface area (TPSA) is 116 Å². The summed E-state index contributed by atoms with van der Waals surface area (Å²) >= 11 is 0. The van der Waals surface area contributed by atoms with Gasteiger partial charge in [-0.05, 0) is 59.2 Å². The average molecular weight is 421 g/mol. The standard InChI is InChI=1S/C21H36N6O3/c1-7-22-18(23-12-13-24-20(29)30-21(4,5)6)25-14-16-8-10-17(11-9-16)27-19(28)26-15(2)3/h8-11,15H,7,12-14H2,1-6H3,(H,24,29)(H2,22,23,25)(H2,26,27,28). The Balaban J connectivity index is 2.48. The van der Waals surface area contributed by atoms with Gasteiger partial charge in [0, 0.05) is 31.4 Å². The van der Waals surface area contributed by atoms with Gasteiger partial charge in [-0.1, -0.05) is 12.1 Å². The number of benzene rings is 1. The molecule has 1 rings (SSSR count). The van der Waals surface area contributed by atoms with Gasteiger partial charge in [0.2, 0.25) is 0 Å². The van der Waals surface area contributed by atoms with Gasteiger partial charge in [-0.3, -0.25) is 0 Å². The molecule has 0 radical (unpaired) electrons. The van der Waals surface area contributed by atoms with E-state index in [4.69, 9.17) is 4.74 Å². The quantitative estimate of drug-likeness (QED) is 0.252. The van der Waals surface area contributed by atoms with Crippen molar-refractivity contribution in [3.05, 3.63) is 29.8 Å². The summed E-state index contributed by atoms with van der Waals surface area (Å²) in [4.78, 5) is 27.9. The van der Waals surface area contributed by atoms with Crippen molar-refractivity contribution in [2.75, 3.05) is 25.0 Å². The predicted molar refractivity (Wildman–Crippen MR) is 121 cm³/mol. The van der Waals surface area contributed by atoms with Crippen LogP contribution < -0.4 is 26.6 Å². The number of nitrogens with one attached hydrogen (secondary N) is 5. The first-order valence-corrected chi connectivity index (χ1v) is 10.2. The molecule has 0 atom stereocenters. The van der Waals surface area contributed by atoms with E-state index >= 15 is 0 Å². The highest BCUT2D eigenvalue weighted by Crippen LogP contribution is 2.10. The van der Waals surface area contributed by atoms with E-state index in [1.54, 1.807) is 0 Å². The highest BCUT2D eigenvalue weighted by Gasteiger charge is 2.15. The minimum absolute atomic E-state index is 0.0786. The van der Waals surface area contributed by atoms with E-state index in [1.165, 1.54) is 0 Å². The van der Waals surface area contributed by atoms with Gasteiger partial charge in [0.15, 0.2) is 5.96 Å². The number of alkyl carbamates (subject to hydrolysis) is 1. The number of ether oxygens (including phenoxy) is 1. The van der Waals surface area contributed by atoms with Crippen LogP contribution in [0.4, 0.5) is 15.3 Å². The van der Waals surface area contributed by atoms with E-state index in [0.717, 1.165) is 17.8 Å². The van der Waals surface area contributed by atoms with Crippen molar-refractivity contribution in [1.82, 2.24) is 21.3 Å². The van der Waals surface area contributed by atoms with Crippen molar-refractivity contribution in [2.45, 2.75) is 59.7 Å². The number of guanidine groups is 1. The summed E-state index contributed by atoms with van der Waals surface area (Å²) in [5.41, 5.74) is 1.21. The largest absolute Gasteiger partial charge is 0.444 e. The maximum Gasteiger partial charge on any atom is 0.407 e. The molecule has 9 nitrogen and oxygen atoms in total. The summed E-state index contributed by atoms with van der Waals surface area (Å²) in [7, 11) is 0. The summed E-state index contributed by atoms with van der Waals surface area (Å²) in [5, 5.41) is 14.6. The van der Waals surface area contributed by atoms with Gasteiger partial charge in [0.1, 0.15) is 5.60 Å². The Morgan fingerprint density at radius 1 is 1.03 bits per heavy atom. The maximum atomic E-state index is 11.7. The Morgan fingerprint density at radius 3 is 2.23 bits per heavy atom. The number of aliphatic imine (C=N–C) groups is 1. The lowest BCUT2D eigenvalue weighted by molar-refractivity contribution is 0.0529. The van der Waals surface area contributed by atoms with E-state index in [0.29, 0.717) is 25.6 Å². The van der Waals surface area contributed by atoms with Gasteiger partial charge in [-0.25, -0.2) is 14.6 Å². The first-order valence-electron chi connectivity index (χ1n) is 10.2. The minimum Gasteiger partial charge on any atom is -0.444 e. The summed E-state index contributed by atoms with van der Waals surface area (Å²) in [5.74, 6) is 0.655. The van der Waals surface area contributed by atoms with Crippen LogP contribution in [0, 0.1) is 0 Å². The number of hydrogen-bond acceptors (Lipinski definition) is 4. The Hall–Kier alpha value is -2.97. The van der Waals surface area contributed by atoms with Gasteiger partial charge in [-0.2, -0.15) is 0 Å². The zero-order valence-corrected chi connectivity index (χ0v) is 18.9. The van der Waals surface area contributed by atoms with Crippen LogP contribution in [-0.4, -0.2) is 49.4 Å². The van der Waals surface area contributed by atoms with Crippen LogP contribution in [-0.2, 0) is 11.3 Å². The summed E-state index contributed by atoms with van der Waals surface area (Å²) in [6.07, 6.45) is -0.443. The molecule has 0 saturated carbocycles. The molecule has 9 heteroatoms. The van der Waals surface area contributed by atoms with Crippen LogP contribution in [0.3, 0.4) is 0 Å². The third-order valence-corrected chi connectivity index (χ3v) is 3.48. The zero-order valence-electron chi connectivity index (χ0n) is 18.9. The number of hydrogen-bond donors (Lipinski definition) is 5. The highest BCUT2D eigenvalue weighted by atomic mass is 16.6. The molecule has 3 amide bonds. The van der Waals surface area contributed by atoms with Gasteiger partial charge in [-0.15, -0.1) is 0 Å². The lowest BCUT2D eigenvalue weighted by atomic mass is 10.2. The summed E-state index contributed by atoms with van der Waals surface area (Å²) < 4.78 is 5.20. The molecular weight excluding hydrogens is 384 g/mol. The van der Waals surface area contributed by atoms with Crippen molar-refractivity contribution in [2.24, 2.45) is 4.99 Å². The van der Waals surface area contributed by atoms with Crippen molar-refractivity contribution >= 4 is 23.8 Å². The smallest absolute Gasteiger partial charge is 0.407 e. The third-order valence-electron chi connectivity index (χ3n) is 3.48. The van der Waals surface area contributed by atoms with Crippen LogP contribution in [0.25, 0.3) is 0 Å². The molecule has 1 aromatic rings. The molecule has 0 unspecified atom stereocenters. The van der Waals surface area contributed by atoms with Crippen LogP contribution in [0.5, 0.6) is 0 Å².